The van der Waals surface area contributed by atoms with Crippen LogP contribution >= 0.6 is 0 Å². The average Bonchev–Trinajstić information content (AvgIpc) is 2.90. The van der Waals surface area contributed by atoms with Gasteiger partial charge in [-0.3, -0.25) is 0 Å². The van der Waals surface area contributed by atoms with Crippen LogP contribution in [0.3, 0.4) is 0 Å². The smallest absolute Gasteiger partial charge is 0.101 e. The van der Waals surface area contributed by atoms with Gasteiger partial charge in [-0.2, -0.15) is 0 Å². The van der Waals surface area contributed by atoms with Crippen LogP contribution in [0.5, 0.6) is 0 Å². The highest BCUT2D eigenvalue weighted by molar-refractivity contribution is 4.96. The number of rotatable bonds is 14. The minimum absolute atomic E-state index is 0.646. The van der Waals surface area contributed by atoms with Crippen molar-refractivity contribution in [3.63, 3.8) is 0 Å². The van der Waals surface area contributed by atoms with Crippen LogP contribution in [-0.4, -0.2) is 29.1 Å². The maximum Gasteiger partial charge on any atom is 0.101 e. The molecule has 0 aromatic rings. The van der Waals surface area contributed by atoms with Gasteiger partial charge < -0.3 is 9.80 Å². The van der Waals surface area contributed by atoms with Crippen LogP contribution < -0.4 is 0 Å². The highest BCUT2D eigenvalue weighted by Crippen LogP contribution is 2.22. The predicted octanol–water partition coefficient (Wildman–Crippen LogP) is 6.14. The van der Waals surface area contributed by atoms with Crippen molar-refractivity contribution in [2.24, 2.45) is 0 Å². The van der Waals surface area contributed by atoms with Crippen molar-refractivity contribution in [3.05, 3.63) is 12.4 Å². The zero-order valence-electron chi connectivity index (χ0n) is 15.5. The molecule has 0 N–H and O–H groups in total. The van der Waals surface area contributed by atoms with E-state index in [0.29, 0.717) is 6.17 Å². The summed E-state index contributed by atoms with van der Waals surface area (Å²) in [5, 5.41) is 0. The summed E-state index contributed by atoms with van der Waals surface area (Å²) >= 11 is 0. The molecule has 1 heterocycles. The Balaban J connectivity index is 2.27. The maximum absolute atomic E-state index is 2.61. The summed E-state index contributed by atoms with van der Waals surface area (Å²) in [5.41, 5.74) is 0. The van der Waals surface area contributed by atoms with Gasteiger partial charge in [-0.25, -0.2) is 0 Å². The summed E-state index contributed by atoms with van der Waals surface area (Å²) in [5.74, 6) is 0. The van der Waals surface area contributed by atoms with E-state index in [0.717, 1.165) is 0 Å². The molecule has 0 bridgehead atoms. The fraction of sp³-hybridized carbons (Fsp3) is 0.900. The van der Waals surface area contributed by atoms with Gasteiger partial charge in [0.05, 0.1) is 0 Å². The summed E-state index contributed by atoms with van der Waals surface area (Å²) in [6.07, 6.45) is 21.8. The summed E-state index contributed by atoms with van der Waals surface area (Å²) in [6.45, 7) is 9.34. The minimum atomic E-state index is 0.646. The predicted molar refractivity (Wildman–Crippen MR) is 98.8 cm³/mol. The van der Waals surface area contributed by atoms with E-state index in [1.807, 2.05) is 0 Å². The van der Waals surface area contributed by atoms with Crippen molar-refractivity contribution in [1.29, 1.82) is 0 Å². The second kappa shape index (κ2) is 12.8. The molecule has 0 aliphatic carbocycles. The van der Waals surface area contributed by atoms with Crippen LogP contribution in [-0.2, 0) is 0 Å². The quantitative estimate of drug-likeness (QED) is 0.355. The summed E-state index contributed by atoms with van der Waals surface area (Å²) in [6, 6.07) is 0. The third-order valence-corrected chi connectivity index (χ3v) is 4.78. The van der Waals surface area contributed by atoms with Crippen LogP contribution in [0.4, 0.5) is 0 Å². The first-order chi connectivity index (χ1) is 10.8. The zero-order valence-corrected chi connectivity index (χ0v) is 15.5. The monoisotopic (exact) mass is 308 g/mol. The Kier molecular flexibility index (Phi) is 11.3. The first kappa shape index (κ1) is 19.4. The zero-order chi connectivity index (χ0) is 16.0. The number of unbranched alkanes of at least 4 members (excludes halogenated alkanes) is 8. The molecule has 0 saturated carbocycles. The van der Waals surface area contributed by atoms with Crippen molar-refractivity contribution in [3.8, 4) is 0 Å². The van der Waals surface area contributed by atoms with Crippen molar-refractivity contribution in [1.82, 2.24) is 9.80 Å². The molecule has 130 valence electrons. The van der Waals surface area contributed by atoms with Gasteiger partial charge in [-0.1, -0.05) is 72.1 Å². The molecule has 22 heavy (non-hydrogen) atoms. The number of nitrogens with zero attached hydrogens (tertiary/aromatic N) is 2. The van der Waals surface area contributed by atoms with Crippen LogP contribution in [0.15, 0.2) is 12.4 Å². The molecular weight excluding hydrogens is 268 g/mol. The lowest BCUT2D eigenvalue weighted by molar-refractivity contribution is 0.137. The number of hydrogen-bond acceptors (Lipinski definition) is 2. The van der Waals surface area contributed by atoms with Crippen LogP contribution in [0.2, 0.25) is 0 Å². The van der Waals surface area contributed by atoms with E-state index in [1.165, 1.54) is 90.1 Å². The fourth-order valence-corrected chi connectivity index (χ4v) is 3.43. The van der Waals surface area contributed by atoms with Gasteiger partial charge in [-0.15, -0.1) is 0 Å². The molecule has 1 unspecified atom stereocenters. The van der Waals surface area contributed by atoms with Gasteiger partial charge in [0.1, 0.15) is 6.17 Å². The highest BCUT2D eigenvalue weighted by atomic mass is 15.4. The van der Waals surface area contributed by atoms with Crippen molar-refractivity contribution < 1.29 is 0 Å². The summed E-state index contributed by atoms with van der Waals surface area (Å²) in [4.78, 5) is 5.18. The Morgan fingerprint density at radius 2 is 1.14 bits per heavy atom. The normalized spacial score (nSPS) is 17.7. The van der Waals surface area contributed by atoms with Crippen LogP contribution in [0.25, 0.3) is 0 Å². The van der Waals surface area contributed by atoms with Gasteiger partial charge in [0, 0.05) is 25.5 Å². The molecule has 1 aliphatic rings. The van der Waals surface area contributed by atoms with Crippen molar-refractivity contribution >= 4 is 0 Å². The topological polar surface area (TPSA) is 6.48 Å². The minimum Gasteiger partial charge on any atom is -0.356 e. The molecule has 0 amide bonds. The molecule has 0 fully saturated rings. The Hall–Kier alpha value is -0.660. The van der Waals surface area contributed by atoms with Crippen LogP contribution in [0, 0.1) is 0 Å². The Morgan fingerprint density at radius 3 is 1.77 bits per heavy atom. The van der Waals surface area contributed by atoms with Gasteiger partial charge in [0.2, 0.25) is 0 Å². The van der Waals surface area contributed by atoms with Crippen molar-refractivity contribution in [2.75, 3.05) is 13.1 Å². The fourth-order valence-electron chi connectivity index (χ4n) is 3.43. The maximum atomic E-state index is 2.61. The number of hydrogen-bond donors (Lipinski definition) is 0. The molecule has 0 aromatic carbocycles. The van der Waals surface area contributed by atoms with E-state index in [2.05, 4.69) is 43.0 Å². The van der Waals surface area contributed by atoms with Crippen LogP contribution in [0.1, 0.15) is 97.8 Å². The average molecular weight is 309 g/mol. The molecule has 1 atom stereocenters. The van der Waals surface area contributed by atoms with E-state index in [4.69, 9.17) is 0 Å². The Labute approximate surface area is 139 Å². The van der Waals surface area contributed by atoms with Gasteiger partial charge in [0.25, 0.3) is 0 Å². The largest absolute Gasteiger partial charge is 0.356 e. The second-order valence-electron chi connectivity index (χ2n) is 6.87. The molecule has 2 heteroatoms. The third kappa shape index (κ3) is 7.56. The molecule has 2 nitrogen and oxygen atoms in total. The SMILES string of the molecule is CCCCCCCCN1C=CN(CCC)C1CCCCCC. The highest BCUT2D eigenvalue weighted by Gasteiger charge is 2.24. The third-order valence-electron chi connectivity index (χ3n) is 4.78. The van der Waals surface area contributed by atoms with Crippen molar-refractivity contribution in [2.45, 2.75) is 104 Å². The molecule has 1 rings (SSSR count). The molecular formula is C20H40N2. The second-order valence-corrected chi connectivity index (χ2v) is 6.87. The lowest BCUT2D eigenvalue weighted by Crippen LogP contribution is -2.39. The van der Waals surface area contributed by atoms with E-state index in [9.17, 15) is 0 Å². The first-order valence-corrected chi connectivity index (χ1v) is 10.0. The van der Waals surface area contributed by atoms with E-state index >= 15 is 0 Å². The Bertz CT molecular complexity index is 275. The van der Waals surface area contributed by atoms with E-state index in [-0.39, 0.29) is 0 Å². The lowest BCUT2D eigenvalue weighted by Gasteiger charge is -2.33. The molecule has 0 saturated heterocycles. The molecule has 0 aromatic heterocycles. The molecule has 1 aliphatic heterocycles. The first-order valence-electron chi connectivity index (χ1n) is 10.0. The van der Waals surface area contributed by atoms with E-state index < -0.39 is 0 Å². The van der Waals surface area contributed by atoms with Gasteiger partial charge in [0.15, 0.2) is 0 Å². The van der Waals surface area contributed by atoms with Gasteiger partial charge >= 0.3 is 0 Å². The van der Waals surface area contributed by atoms with E-state index in [1.54, 1.807) is 0 Å². The molecule has 0 radical (unpaired) electrons. The molecule has 0 spiro atoms. The standard InChI is InChI=1S/C20H40N2/c1-4-7-9-11-12-14-17-22-19-18-21(16-6-3)20(22)15-13-10-8-5-2/h18-20H,4-17H2,1-3H3. The summed E-state index contributed by atoms with van der Waals surface area (Å²) in [7, 11) is 0. The summed E-state index contributed by atoms with van der Waals surface area (Å²) < 4.78 is 0. The Morgan fingerprint density at radius 1 is 0.591 bits per heavy atom. The lowest BCUT2D eigenvalue weighted by atomic mass is 10.1. The van der Waals surface area contributed by atoms with Gasteiger partial charge in [-0.05, 0) is 25.7 Å².